The van der Waals surface area contributed by atoms with Gasteiger partial charge in [0.25, 0.3) is 0 Å². The minimum atomic E-state index is -0.447. The van der Waals surface area contributed by atoms with E-state index >= 15 is 0 Å². The lowest BCUT2D eigenvalue weighted by atomic mass is 9.98. The molecule has 5 nitrogen and oxygen atoms in total. The summed E-state index contributed by atoms with van der Waals surface area (Å²) in [6.07, 6.45) is 0.625. The van der Waals surface area contributed by atoms with Gasteiger partial charge < -0.3 is 14.7 Å². The van der Waals surface area contributed by atoms with E-state index in [0.29, 0.717) is 36.0 Å². The fourth-order valence-electron chi connectivity index (χ4n) is 3.72. The fourth-order valence-corrected chi connectivity index (χ4v) is 3.94. The number of likely N-dealkylation sites (N-methyl/N-ethyl adjacent to an activating group) is 1. The van der Waals surface area contributed by atoms with Gasteiger partial charge in [0.05, 0.1) is 12.6 Å². The molecule has 7 heteroatoms. The van der Waals surface area contributed by atoms with E-state index < -0.39 is 11.9 Å². The Labute approximate surface area is 152 Å². The molecular weight excluding hydrogens is 345 g/mol. The van der Waals surface area contributed by atoms with Gasteiger partial charge in [-0.25, -0.2) is 9.18 Å². The summed E-state index contributed by atoms with van der Waals surface area (Å²) >= 11 is 6.10. The molecule has 3 amide bonds. The van der Waals surface area contributed by atoms with Gasteiger partial charge in [-0.3, -0.25) is 4.79 Å². The van der Waals surface area contributed by atoms with Crippen LogP contribution in [-0.2, 0) is 11.3 Å². The zero-order valence-electron chi connectivity index (χ0n) is 14.7. The Morgan fingerprint density at radius 1 is 1.28 bits per heavy atom. The van der Waals surface area contributed by atoms with E-state index in [-0.39, 0.29) is 24.5 Å². The minimum absolute atomic E-state index is 0.0240. The number of piperazine rings is 1. The van der Waals surface area contributed by atoms with Crippen LogP contribution in [0.15, 0.2) is 18.2 Å². The third-order valence-corrected chi connectivity index (χ3v) is 5.26. The Morgan fingerprint density at radius 3 is 2.64 bits per heavy atom. The summed E-state index contributed by atoms with van der Waals surface area (Å²) in [5.74, 6) is -0.148. The highest BCUT2D eigenvalue weighted by atomic mass is 35.5. The van der Waals surface area contributed by atoms with Crippen molar-refractivity contribution in [2.24, 2.45) is 5.92 Å². The summed E-state index contributed by atoms with van der Waals surface area (Å²) in [6.45, 7) is 5.16. The molecule has 0 aromatic heterocycles. The number of carbonyl (C=O) groups excluding carboxylic acids is 2. The van der Waals surface area contributed by atoms with Crippen LogP contribution >= 0.6 is 11.6 Å². The highest BCUT2D eigenvalue weighted by molar-refractivity contribution is 6.31. The van der Waals surface area contributed by atoms with Crippen LogP contribution in [0.5, 0.6) is 0 Å². The smallest absolute Gasteiger partial charge is 0.321 e. The van der Waals surface area contributed by atoms with E-state index in [9.17, 15) is 14.0 Å². The molecule has 2 aliphatic heterocycles. The molecule has 0 aliphatic carbocycles. The Morgan fingerprint density at radius 2 is 2.00 bits per heavy atom. The standard InChI is InChI=1S/C18H23ClFN3O2/c1-11(2)7-16-17(24)21(3)8-12-9-22(18(25)23(12)16)10-13-14(19)5-4-6-15(13)20/h4-6,11-12,16H,7-10H2,1-3H3/t12-,16-/m0/s1. The predicted molar refractivity (Wildman–Crippen MR) is 93.7 cm³/mol. The number of rotatable bonds is 4. The van der Waals surface area contributed by atoms with Crippen molar-refractivity contribution < 1.29 is 14.0 Å². The van der Waals surface area contributed by atoms with Crippen LogP contribution in [0.4, 0.5) is 9.18 Å². The van der Waals surface area contributed by atoms with Crippen molar-refractivity contribution in [2.45, 2.75) is 38.9 Å². The summed E-state index contributed by atoms with van der Waals surface area (Å²) < 4.78 is 14.1. The molecule has 2 aliphatic rings. The molecule has 0 N–H and O–H groups in total. The fraction of sp³-hybridized carbons (Fsp3) is 0.556. The quantitative estimate of drug-likeness (QED) is 0.821. The third kappa shape index (κ3) is 3.32. The number of urea groups is 1. The van der Waals surface area contributed by atoms with Gasteiger partial charge in [0.1, 0.15) is 11.9 Å². The second-order valence-electron chi connectivity index (χ2n) is 7.29. The molecular formula is C18H23ClFN3O2. The van der Waals surface area contributed by atoms with Crippen LogP contribution in [0.2, 0.25) is 5.02 Å². The van der Waals surface area contributed by atoms with Crippen LogP contribution in [0.25, 0.3) is 0 Å². The topological polar surface area (TPSA) is 43.9 Å². The molecule has 1 aromatic rings. The molecule has 2 saturated heterocycles. The Bertz CT molecular complexity index is 677. The molecule has 0 saturated carbocycles. The van der Waals surface area contributed by atoms with Crippen molar-refractivity contribution >= 4 is 23.5 Å². The summed E-state index contributed by atoms with van der Waals surface area (Å²) in [4.78, 5) is 30.5. The van der Waals surface area contributed by atoms with Crippen LogP contribution in [0.1, 0.15) is 25.8 Å². The van der Waals surface area contributed by atoms with Crippen LogP contribution in [0, 0.1) is 11.7 Å². The van der Waals surface area contributed by atoms with Gasteiger partial charge >= 0.3 is 6.03 Å². The maximum absolute atomic E-state index is 14.1. The first-order chi connectivity index (χ1) is 11.8. The summed E-state index contributed by atoms with van der Waals surface area (Å²) in [5.41, 5.74) is 0.317. The van der Waals surface area contributed by atoms with E-state index in [1.165, 1.54) is 6.07 Å². The highest BCUT2D eigenvalue weighted by Gasteiger charge is 2.48. The van der Waals surface area contributed by atoms with Crippen LogP contribution in [0.3, 0.4) is 0 Å². The Kier molecular flexibility index (Phi) is 4.91. The van der Waals surface area contributed by atoms with Gasteiger partial charge in [-0.05, 0) is 24.5 Å². The van der Waals surface area contributed by atoms with Gasteiger partial charge in [-0.1, -0.05) is 31.5 Å². The summed E-state index contributed by atoms with van der Waals surface area (Å²) in [6, 6.07) is 3.78. The maximum Gasteiger partial charge on any atom is 0.321 e. The van der Waals surface area contributed by atoms with Crippen LogP contribution in [-0.4, -0.2) is 58.9 Å². The van der Waals surface area contributed by atoms with Crippen LogP contribution < -0.4 is 0 Å². The molecule has 0 unspecified atom stereocenters. The average molecular weight is 368 g/mol. The van der Waals surface area contributed by atoms with Crippen molar-refractivity contribution in [1.29, 1.82) is 0 Å². The zero-order valence-corrected chi connectivity index (χ0v) is 15.5. The highest BCUT2D eigenvalue weighted by Crippen LogP contribution is 2.30. The summed E-state index contributed by atoms with van der Waals surface area (Å²) in [7, 11) is 1.77. The number of carbonyl (C=O) groups is 2. The van der Waals surface area contributed by atoms with Crippen molar-refractivity contribution in [3.05, 3.63) is 34.6 Å². The average Bonchev–Trinajstić information content (AvgIpc) is 2.83. The van der Waals surface area contributed by atoms with E-state index in [1.54, 1.807) is 33.9 Å². The second-order valence-corrected chi connectivity index (χ2v) is 7.70. The van der Waals surface area contributed by atoms with E-state index in [1.807, 2.05) is 13.8 Å². The molecule has 2 heterocycles. The van der Waals surface area contributed by atoms with E-state index in [2.05, 4.69) is 0 Å². The van der Waals surface area contributed by atoms with Gasteiger partial charge in [0.2, 0.25) is 5.91 Å². The SMILES string of the molecule is CC(C)C[C@H]1C(=O)N(C)C[C@H]2CN(Cc3c(F)cccc3Cl)C(=O)N21. The first-order valence-corrected chi connectivity index (χ1v) is 8.92. The van der Waals surface area contributed by atoms with Gasteiger partial charge in [-0.2, -0.15) is 0 Å². The molecule has 25 heavy (non-hydrogen) atoms. The van der Waals surface area contributed by atoms with E-state index in [4.69, 9.17) is 11.6 Å². The normalized spacial score (nSPS) is 23.7. The molecule has 3 rings (SSSR count). The maximum atomic E-state index is 14.1. The number of amides is 3. The largest absolute Gasteiger partial charge is 0.342 e. The molecule has 0 spiro atoms. The lowest BCUT2D eigenvalue weighted by Crippen LogP contribution is -2.60. The van der Waals surface area contributed by atoms with Crippen molar-refractivity contribution in [3.8, 4) is 0 Å². The zero-order chi connectivity index (χ0) is 18.3. The molecule has 0 radical (unpaired) electrons. The third-order valence-electron chi connectivity index (χ3n) is 4.90. The predicted octanol–water partition coefficient (Wildman–Crippen LogP) is 2.97. The number of fused-ring (bicyclic) bond motifs is 1. The monoisotopic (exact) mass is 367 g/mol. The lowest BCUT2D eigenvalue weighted by molar-refractivity contribution is -0.140. The van der Waals surface area contributed by atoms with Crippen molar-refractivity contribution in [1.82, 2.24) is 14.7 Å². The first-order valence-electron chi connectivity index (χ1n) is 8.54. The number of halogens is 2. The lowest BCUT2D eigenvalue weighted by Gasteiger charge is -2.41. The molecule has 1 aromatic carbocycles. The molecule has 136 valence electrons. The van der Waals surface area contributed by atoms with Crippen molar-refractivity contribution in [3.63, 3.8) is 0 Å². The number of benzene rings is 1. The number of hydrogen-bond acceptors (Lipinski definition) is 2. The minimum Gasteiger partial charge on any atom is -0.342 e. The van der Waals surface area contributed by atoms with Gasteiger partial charge in [-0.15, -0.1) is 0 Å². The molecule has 0 bridgehead atoms. The van der Waals surface area contributed by atoms with E-state index in [0.717, 1.165) is 0 Å². The molecule has 2 fully saturated rings. The second kappa shape index (κ2) is 6.83. The van der Waals surface area contributed by atoms with Gasteiger partial charge in [0, 0.05) is 30.7 Å². The van der Waals surface area contributed by atoms with Crippen molar-refractivity contribution in [2.75, 3.05) is 20.1 Å². The number of hydrogen-bond donors (Lipinski definition) is 0. The molecule has 2 atom stereocenters. The summed E-state index contributed by atoms with van der Waals surface area (Å²) in [5, 5.41) is 0.310. The Hall–Kier alpha value is -1.82. The number of nitrogens with zero attached hydrogens (tertiary/aromatic N) is 3. The van der Waals surface area contributed by atoms with Gasteiger partial charge in [0.15, 0.2) is 0 Å². The Balaban J connectivity index is 1.84. The first kappa shape index (κ1) is 18.0.